The topological polar surface area (TPSA) is 207 Å². The molecule has 0 amide bonds. The van der Waals surface area contributed by atoms with Crippen molar-refractivity contribution in [3.63, 3.8) is 0 Å². The fourth-order valence-corrected chi connectivity index (χ4v) is 12.6. The SMILES string of the molecule is CC(=O)O[C@@H]1[C@H](OC(C)=O)[C@@H](O[C@@H]2[C@@H](O[C@H]3[C@@H](OC(C)=O)[C@H](OCc4ccccc4)[C@@H](COCc4ccccc4)O[C@@H]3Sc3ccc(C)cc3)O[C@H](COCc3ccccc3)[C@@H](OCc3ccccc3)[C@@H]2OC(C)=O)O[C@H](COCc2ccccc2)[C@H]1OCc1ccccc1. The fourth-order valence-electron chi connectivity index (χ4n) is 11.5. The van der Waals surface area contributed by atoms with Crippen molar-refractivity contribution in [1.29, 1.82) is 0 Å². The Balaban J connectivity index is 1.10. The van der Waals surface area contributed by atoms with Crippen LogP contribution in [-0.2, 0) is 130 Å². The molecule has 7 aromatic carbocycles. The lowest BCUT2D eigenvalue weighted by atomic mass is 9.95. The molecule has 0 bridgehead atoms. The van der Waals surface area contributed by atoms with E-state index in [0.717, 1.165) is 43.8 Å². The molecule has 20 heteroatoms. The maximum Gasteiger partial charge on any atom is 0.303 e. The molecule has 7 aromatic rings. The summed E-state index contributed by atoms with van der Waals surface area (Å²) in [5, 5.41) is 0. The van der Waals surface area contributed by atoms with E-state index in [1.807, 2.05) is 213 Å². The van der Waals surface area contributed by atoms with Gasteiger partial charge in [-0.05, 0) is 52.4 Å². The minimum Gasteiger partial charge on any atom is -0.457 e. The van der Waals surface area contributed by atoms with E-state index in [-0.39, 0.29) is 59.5 Å². The van der Waals surface area contributed by atoms with Gasteiger partial charge in [0.2, 0.25) is 0 Å². The van der Waals surface area contributed by atoms with Gasteiger partial charge in [-0.25, -0.2) is 0 Å². The quantitative estimate of drug-likeness (QED) is 0.0292. The Morgan fingerprint density at radius 3 is 0.958 bits per heavy atom. The van der Waals surface area contributed by atoms with E-state index < -0.39 is 115 Å². The molecular formula is C75H82O19S. The molecule has 0 N–H and O–H groups in total. The number of thioether (sulfide) groups is 1. The van der Waals surface area contributed by atoms with Crippen molar-refractivity contribution in [3.8, 4) is 0 Å². The summed E-state index contributed by atoms with van der Waals surface area (Å²) in [5.41, 5.74) is 4.96. The highest BCUT2D eigenvalue weighted by Crippen LogP contribution is 2.42. The number of hydrogen-bond acceptors (Lipinski definition) is 20. The zero-order valence-electron chi connectivity index (χ0n) is 53.8. The van der Waals surface area contributed by atoms with Crippen LogP contribution in [0.2, 0.25) is 0 Å². The van der Waals surface area contributed by atoms with E-state index >= 15 is 0 Å². The van der Waals surface area contributed by atoms with E-state index in [2.05, 4.69) is 0 Å². The van der Waals surface area contributed by atoms with Gasteiger partial charge in [0.05, 0.1) is 59.5 Å². The standard InChI is InChI=1S/C75H82O19S/c1-49-36-38-60(39-37-49)95-75-72(69(88-52(4)78)66(85-45-59-34-22-11-23-35-59)63(92-75)48-82-42-56-28-16-8-17-29-56)94-74-71(68(87-51(3)77)65(84-44-58-32-20-10-21-33-58)62(91-74)47-81-41-55-26-14-7-15-27-55)93-73-70(89-53(5)79)67(86-50(2)76)64(83-43-57-30-18-9-19-31-57)61(90-73)46-80-40-54-24-12-6-13-25-54/h6-39,61-75H,40-48H2,1-5H3/t61-,62-,63-,64-,65-,66-,67+,68+,69+,70+,71+,72+,73-,74-,75-/m1/s1. The van der Waals surface area contributed by atoms with E-state index in [4.69, 9.17) is 71.1 Å². The second-order valence-corrected chi connectivity index (χ2v) is 24.5. The maximum absolute atomic E-state index is 14.0. The number of hydrogen-bond donors (Lipinski definition) is 0. The normalized spacial score (nSPS) is 25.8. The first-order valence-electron chi connectivity index (χ1n) is 31.8. The molecule has 0 unspecified atom stereocenters. The highest BCUT2D eigenvalue weighted by atomic mass is 32.2. The Hall–Kier alpha value is -7.67. The van der Waals surface area contributed by atoms with E-state index in [0.29, 0.717) is 0 Å². The van der Waals surface area contributed by atoms with Crippen LogP contribution in [0.5, 0.6) is 0 Å². The molecule has 3 fully saturated rings. The van der Waals surface area contributed by atoms with E-state index in [1.54, 1.807) is 0 Å². The summed E-state index contributed by atoms with van der Waals surface area (Å²) in [6.45, 7) is 7.16. The zero-order valence-corrected chi connectivity index (χ0v) is 54.6. The molecule has 95 heavy (non-hydrogen) atoms. The maximum atomic E-state index is 14.0. The molecule has 3 heterocycles. The van der Waals surface area contributed by atoms with Crippen LogP contribution >= 0.6 is 11.8 Å². The molecule has 0 aliphatic carbocycles. The van der Waals surface area contributed by atoms with Gasteiger partial charge in [-0.1, -0.05) is 211 Å². The first-order chi connectivity index (χ1) is 46.3. The monoisotopic (exact) mass is 1320 g/mol. The third kappa shape index (κ3) is 20.9. The lowest BCUT2D eigenvalue weighted by Crippen LogP contribution is -2.68. The van der Waals surface area contributed by atoms with Gasteiger partial charge >= 0.3 is 23.9 Å². The Bertz CT molecular complexity index is 3430. The van der Waals surface area contributed by atoms with Crippen molar-refractivity contribution in [2.24, 2.45) is 0 Å². The fraction of sp³-hybridized carbons (Fsp3) is 0.387. The Labute approximate surface area is 558 Å². The minimum absolute atomic E-state index is 0.0136. The Morgan fingerprint density at radius 1 is 0.326 bits per heavy atom. The van der Waals surface area contributed by atoms with Gasteiger partial charge in [-0.15, -0.1) is 0 Å². The summed E-state index contributed by atoms with van der Waals surface area (Å²) in [6, 6.07) is 64.8. The molecule has 0 aromatic heterocycles. The average Bonchev–Trinajstić information content (AvgIpc) is 0.768. The molecule has 0 saturated carbocycles. The number of carbonyl (C=O) groups excluding carboxylic acids is 4. The van der Waals surface area contributed by atoms with Gasteiger partial charge < -0.3 is 71.1 Å². The van der Waals surface area contributed by atoms with E-state index in [9.17, 15) is 19.2 Å². The predicted octanol–water partition coefficient (Wildman–Crippen LogP) is 11.2. The highest BCUT2D eigenvalue weighted by molar-refractivity contribution is 7.99. The lowest BCUT2D eigenvalue weighted by Gasteiger charge is -2.51. The van der Waals surface area contributed by atoms with Crippen LogP contribution < -0.4 is 0 Å². The van der Waals surface area contributed by atoms with Crippen LogP contribution in [0, 0.1) is 6.92 Å². The van der Waals surface area contributed by atoms with Crippen LogP contribution in [0.3, 0.4) is 0 Å². The number of benzene rings is 7. The largest absolute Gasteiger partial charge is 0.457 e. The van der Waals surface area contributed by atoms with Gasteiger partial charge in [0.1, 0.15) is 48.2 Å². The molecule has 19 nitrogen and oxygen atoms in total. The summed E-state index contributed by atoms with van der Waals surface area (Å²) >= 11 is 1.30. The van der Waals surface area contributed by atoms with Gasteiger partial charge in [-0.2, -0.15) is 0 Å². The first-order valence-corrected chi connectivity index (χ1v) is 32.7. The summed E-state index contributed by atoms with van der Waals surface area (Å²) in [7, 11) is 0. The number of esters is 4. The predicted molar refractivity (Wildman–Crippen MR) is 348 cm³/mol. The molecule has 502 valence electrons. The van der Waals surface area contributed by atoms with Crippen molar-refractivity contribution in [3.05, 3.63) is 245 Å². The van der Waals surface area contributed by atoms with Crippen molar-refractivity contribution in [2.75, 3.05) is 19.8 Å². The van der Waals surface area contributed by atoms with Crippen LogP contribution in [0.4, 0.5) is 0 Å². The first kappa shape index (κ1) is 70.1. The van der Waals surface area contributed by atoms with E-state index in [1.165, 1.54) is 39.5 Å². The van der Waals surface area contributed by atoms with Crippen LogP contribution in [0.15, 0.2) is 211 Å². The van der Waals surface area contributed by atoms with Crippen molar-refractivity contribution < 1.29 is 90.2 Å². The third-order valence-corrected chi connectivity index (χ3v) is 17.0. The third-order valence-electron chi connectivity index (χ3n) is 15.9. The summed E-state index contributed by atoms with van der Waals surface area (Å²) in [4.78, 5) is 55.8. The molecule has 10 rings (SSSR count). The average molecular weight is 1320 g/mol. The number of rotatable bonds is 31. The molecule has 0 spiro atoms. The zero-order chi connectivity index (χ0) is 66.3. The molecule has 3 aliphatic heterocycles. The molecular weight excluding hydrogens is 1240 g/mol. The number of carbonyl (C=O) groups is 4. The molecule has 15 atom stereocenters. The van der Waals surface area contributed by atoms with Crippen molar-refractivity contribution >= 4 is 35.6 Å². The second kappa shape index (κ2) is 35.9. The summed E-state index contributed by atoms with van der Waals surface area (Å²) in [6.07, 6.45) is -18.8. The number of aryl methyl sites for hydroxylation is 1. The Kier molecular flexibility index (Phi) is 26.5. The van der Waals surface area contributed by atoms with Crippen molar-refractivity contribution in [2.45, 2.75) is 170 Å². The van der Waals surface area contributed by atoms with Gasteiger partial charge in [-0.3, -0.25) is 19.2 Å². The Morgan fingerprint density at radius 2 is 0.611 bits per heavy atom. The van der Waals surface area contributed by atoms with Crippen LogP contribution in [-0.4, -0.2) is 135 Å². The lowest BCUT2D eigenvalue weighted by molar-refractivity contribution is -0.386. The van der Waals surface area contributed by atoms with Crippen LogP contribution in [0.1, 0.15) is 66.6 Å². The molecule has 3 saturated heterocycles. The highest BCUT2D eigenvalue weighted by Gasteiger charge is 2.59. The molecule has 3 aliphatic rings. The molecule has 0 radical (unpaired) electrons. The van der Waals surface area contributed by atoms with Gasteiger partial charge in [0.15, 0.2) is 43.1 Å². The van der Waals surface area contributed by atoms with Crippen molar-refractivity contribution in [1.82, 2.24) is 0 Å². The smallest absolute Gasteiger partial charge is 0.303 e. The number of ether oxygens (including phenoxy) is 15. The minimum atomic E-state index is -1.72. The summed E-state index contributed by atoms with van der Waals surface area (Å²) < 4.78 is 101. The van der Waals surface area contributed by atoms with Gasteiger partial charge in [0, 0.05) is 32.6 Å². The van der Waals surface area contributed by atoms with Gasteiger partial charge in [0.25, 0.3) is 0 Å². The second-order valence-electron chi connectivity index (χ2n) is 23.3. The summed E-state index contributed by atoms with van der Waals surface area (Å²) in [5.74, 6) is -2.95. The van der Waals surface area contributed by atoms with Crippen LogP contribution in [0.25, 0.3) is 0 Å².